The Balaban J connectivity index is 1.52. The minimum Gasteiger partial charge on any atom is -0.458 e. The van der Waals surface area contributed by atoms with Crippen LogP contribution in [0.2, 0.25) is 0 Å². The number of benzene rings is 1. The smallest absolute Gasteiger partial charge is 0.316 e. The molecule has 1 aliphatic rings. The number of para-hydroxylation sites is 1. The molecule has 1 atom stereocenters. The van der Waals surface area contributed by atoms with Crippen LogP contribution in [-0.2, 0) is 0 Å². The van der Waals surface area contributed by atoms with E-state index >= 15 is 0 Å². The first-order valence-corrected chi connectivity index (χ1v) is 7.83. The van der Waals surface area contributed by atoms with Crippen molar-refractivity contribution in [2.75, 3.05) is 18.0 Å². The highest BCUT2D eigenvalue weighted by atomic mass is 16.5. The molecule has 4 rings (SSSR count). The van der Waals surface area contributed by atoms with Gasteiger partial charge in [0, 0.05) is 42.6 Å². The van der Waals surface area contributed by atoms with Gasteiger partial charge in [0.15, 0.2) is 0 Å². The summed E-state index contributed by atoms with van der Waals surface area (Å²) in [4.78, 5) is 15.2. The Hall–Kier alpha value is -2.69. The molecule has 0 N–H and O–H groups in total. The first-order chi connectivity index (χ1) is 11.3. The van der Waals surface area contributed by atoms with E-state index in [4.69, 9.17) is 4.74 Å². The van der Waals surface area contributed by atoms with Gasteiger partial charge >= 0.3 is 6.01 Å². The van der Waals surface area contributed by atoms with Crippen molar-refractivity contribution in [3.8, 4) is 6.01 Å². The SMILES string of the molecule is Cc1cnc(OC2CCN(c3ccnc4ccccc34)C2)nc1. The Morgan fingerprint density at radius 2 is 1.91 bits per heavy atom. The van der Waals surface area contributed by atoms with E-state index in [1.54, 1.807) is 12.4 Å². The number of aryl methyl sites for hydroxylation is 1. The molecule has 5 heteroatoms. The lowest BCUT2D eigenvalue weighted by Crippen LogP contribution is -2.25. The average Bonchev–Trinajstić information content (AvgIpc) is 3.05. The summed E-state index contributed by atoms with van der Waals surface area (Å²) < 4.78 is 5.91. The van der Waals surface area contributed by atoms with E-state index in [0.29, 0.717) is 6.01 Å². The number of fused-ring (bicyclic) bond motifs is 1. The number of hydrogen-bond donors (Lipinski definition) is 0. The third-order valence-electron chi connectivity index (χ3n) is 4.14. The summed E-state index contributed by atoms with van der Waals surface area (Å²) in [6, 6.07) is 10.8. The lowest BCUT2D eigenvalue weighted by Gasteiger charge is -2.20. The van der Waals surface area contributed by atoms with Gasteiger partial charge in [0.05, 0.1) is 12.1 Å². The summed E-state index contributed by atoms with van der Waals surface area (Å²) in [6.07, 6.45) is 6.52. The average molecular weight is 306 g/mol. The third-order valence-corrected chi connectivity index (χ3v) is 4.14. The lowest BCUT2D eigenvalue weighted by atomic mass is 10.2. The molecule has 0 spiro atoms. The fraction of sp³-hybridized carbons (Fsp3) is 0.278. The van der Waals surface area contributed by atoms with Crippen molar-refractivity contribution in [3.63, 3.8) is 0 Å². The summed E-state index contributed by atoms with van der Waals surface area (Å²) in [6.45, 7) is 3.77. The van der Waals surface area contributed by atoms with Crippen LogP contribution in [-0.4, -0.2) is 34.1 Å². The topological polar surface area (TPSA) is 51.1 Å². The van der Waals surface area contributed by atoms with Gasteiger partial charge in [0.1, 0.15) is 6.10 Å². The van der Waals surface area contributed by atoms with E-state index < -0.39 is 0 Å². The van der Waals surface area contributed by atoms with E-state index in [9.17, 15) is 0 Å². The highest BCUT2D eigenvalue weighted by Gasteiger charge is 2.26. The van der Waals surface area contributed by atoms with Gasteiger partial charge in [-0.2, -0.15) is 0 Å². The van der Waals surface area contributed by atoms with Gasteiger partial charge in [-0.05, 0) is 24.6 Å². The maximum absolute atomic E-state index is 5.91. The number of rotatable bonds is 3. The summed E-state index contributed by atoms with van der Waals surface area (Å²) in [7, 11) is 0. The van der Waals surface area contributed by atoms with Crippen molar-refractivity contribution in [1.29, 1.82) is 0 Å². The van der Waals surface area contributed by atoms with Crippen LogP contribution >= 0.6 is 0 Å². The Kier molecular flexibility index (Phi) is 3.54. The fourth-order valence-corrected chi connectivity index (χ4v) is 2.99. The van der Waals surface area contributed by atoms with Crippen molar-refractivity contribution in [1.82, 2.24) is 15.0 Å². The van der Waals surface area contributed by atoms with Crippen LogP contribution in [0, 0.1) is 6.92 Å². The fourth-order valence-electron chi connectivity index (χ4n) is 2.99. The van der Waals surface area contributed by atoms with Crippen LogP contribution in [0.5, 0.6) is 6.01 Å². The van der Waals surface area contributed by atoms with Crippen LogP contribution in [0.1, 0.15) is 12.0 Å². The third kappa shape index (κ3) is 2.82. The van der Waals surface area contributed by atoms with Crippen molar-refractivity contribution in [3.05, 3.63) is 54.5 Å². The second-order valence-corrected chi connectivity index (χ2v) is 5.86. The minimum atomic E-state index is 0.115. The number of aromatic nitrogens is 3. The van der Waals surface area contributed by atoms with Crippen LogP contribution in [0.15, 0.2) is 48.9 Å². The lowest BCUT2D eigenvalue weighted by molar-refractivity contribution is 0.206. The van der Waals surface area contributed by atoms with Gasteiger partial charge < -0.3 is 9.64 Å². The molecule has 1 fully saturated rings. The molecule has 1 saturated heterocycles. The molecule has 116 valence electrons. The zero-order valence-electron chi connectivity index (χ0n) is 13.0. The predicted octanol–water partition coefficient (Wildman–Crippen LogP) is 2.99. The van der Waals surface area contributed by atoms with Crippen molar-refractivity contribution in [2.24, 2.45) is 0 Å². The van der Waals surface area contributed by atoms with Gasteiger partial charge in [0.25, 0.3) is 0 Å². The molecule has 0 saturated carbocycles. The largest absolute Gasteiger partial charge is 0.458 e. The maximum atomic E-state index is 5.91. The Morgan fingerprint density at radius 3 is 2.78 bits per heavy atom. The number of ether oxygens (including phenoxy) is 1. The van der Waals surface area contributed by atoms with E-state index in [-0.39, 0.29) is 6.10 Å². The van der Waals surface area contributed by atoms with Gasteiger partial charge in [-0.25, -0.2) is 9.97 Å². The molecular weight excluding hydrogens is 288 g/mol. The molecule has 1 aromatic carbocycles. The molecule has 3 heterocycles. The molecule has 3 aromatic rings. The second kappa shape index (κ2) is 5.83. The monoisotopic (exact) mass is 306 g/mol. The van der Waals surface area contributed by atoms with Gasteiger partial charge in [0.2, 0.25) is 0 Å². The molecule has 2 aromatic heterocycles. The number of anilines is 1. The quantitative estimate of drug-likeness (QED) is 0.744. The van der Waals surface area contributed by atoms with Crippen LogP contribution in [0.25, 0.3) is 10.9 Å². The minimum absolute atomic E-state index is 0.115. The molecule has 23 heavy (non-hydrogen) atoms. The summed E-state index contributed by atoms with van der Waals surface area (Å²) in [5, 5.41) is 1.18. The van der Waals surface area contributed by atoms with E-state index in [1.165, 1.54) is 11.1 Å². The first-order valence-electron chi connectivity index (χ1n) is 7.83. The van der Waals surface area contributed by atoms with Crippen molar-refractivity contribution < 1.29 is 4.74 Å². The second-order valence-electron chi connectivity index (χ2n) is 5.86. The van der Waals surface area contributed by atoms with Gasteiger partial charge in [-0.1, -0.05) is 18.2 Å². The normalized spacial score (nSPS) is 17.6. The van der Waals surface area contributed by atoms with E-state index in [1.807, 2.05) is 25.3 Å². The van der Waals surface area contributed by atoms with Crippen LogP contribution < -0.4 is 9.64 Å². The summed E-state index contributed by atoms with van der Waals surface area (Å²) in [5.74, 6) is 0. The zero-order chi connectivity index (χ0) is 15.6. The molecule has 1 unspecified atom stereocenters. The summed E-state index contributed by atoms with van der Waals surface area (Å²) >= 11 is 0. The highest BCUT2D eigenvalue weighted by Crippen LogP contribution is 2.28. The maximum Gasteiger partial charge on any atom is 0.316 e. The molecule has 0 amide bonds. The predicted molar refractivity (Wildman–Crippen MR) is 89.8 cm³/mol. The van der Waals surface area contributed by atoms with Gasteiger partial charge in [-0.15, -0.1) is 0 Å². The Morgan fingerprint density at radius 1 is 1.09 bits per heavy atom. The molecular formula is C18H18N4O. The molecule has 0 bridgehead atoms. The van der Waals surface area contributed by atoms with Crippen molar-refractivity contribution >= 4 is 16.6 Å². The summed E-state index contributed by atoms with van der Waals surface area (Å²) in [5.41, 5.74) is 3.27. The number of pyridine rings is 1. The van der Waals surface area contributed by atoms with E-state index in [0.717, 1.165) is 30.6 Å². The van der Waals surface area contributed by atoms with E-state index in [2.05, 4.69) is 38.1 Å². The standard InChI is InChI=1S/C18H18N4O/c1-13-10-20-18(21-11-13)23-14-7-9-22(12-14)17-6-8-19-16-5-3-2-4-15(16)17/h2-6,8,10-11,14H,7,9,12H2,1H3. The van der Waals surface area contributed by atoms with Gasteiger partial charge in [-0.3, -0.25) is 4.98 Å². The van der Waals surface area contributed by atoms with Crippen LogP contribution in [0.4, 0.5) is 5.69 Å². The molecule has 0 radical (unpaired) electrons. The van der Waals surface area contributed by atoms with Crippen LogP contribution in [0.3, 0.4) is 0 Å². The number of nitrogens with zero attached hydrogens (tertiary/aromatic N) is 4. The molecule has 1 aliphatic heterocycles. The Labute approximate surface area is 135 Å². The Bertz CT molecular complexity index is 813. The van der Waals surface area contributed by atoms with Crippen molar-refractivity contribution in [2.45, 2.75) is 19.4 Å². The molecule has 0 aliphatic carbocycles. The highest BCUT2D eigenvalue weighted by molar-refractivity contribution is 5.91. The molecule has 5 nitrogen and oxygen atoms in total. The first kappa shape index (κ1) is 13.9. The zero-order valence-corrected chi connectivity index (χ0v) is 13.0. The number of hydrogen-bond acceptors (Lipinski definition) is 5.